The fourth-order valence-electron chi connectivity index (χ4n) is 3.09. The zero-order valence-electron chi connectivity index (χ0n) is 13.8. The maximum Gasteiger partial charge on any atom is 0.265 e. The minimum Gasteiger partial charge on any atom is -0.321 e. The van der Waals surface area contributed by atoms with Gasteiger partial charge in [-0.25, -0.2) is 0 Å². The number of aryl methyl sites for hydroxylation is 1. The summed E-state index contributed by atoms with van der Waals surface area (Å²) in [6.07, 6.45) is 4.52. The Labute approximate surface area is 172 Å². The molecule has 5 nitrogen and oxygen atoms in total. The second-order valence-electron chi connectivity index (χ2n) is 6.17. The van der Waals surface area contributed by atoms with E-state index in [1.807, 2.05) is 30.3 Å². The summed E-state index contributed by atoms with van der Waals surface area (Å²) in [5.41, 5.74) is 1.72. The molecule has 26 heavy (non-hydrogen) atoms. The van der Waals surface area contributed by atoms with Crippen molar-refractivity contribution in [1.82, 2.24) is 14.8 Å². The molecule has 0 unspecified atom stereocenters. The molecule has 0 bridgehead atoms. The Hall–Kier alpha value is -1.51. The molecule has 8 heteroatoms. The first kappa shape index (κ1) is 17.9. The molecule has 0 radical (unpaired) electrons. The summed E-state index contributed by atoms with van der Waals surface area (Å²) in [6, 6.07) is 9.60. The molecule has 1 amide bonds. The molecule has 0 spiro atoms. The Morgan fingerprint density at radius 3 is 2.85 bits per heavy atom. The summed E-state index contributed by atoms with van der Waals surface area (Å²) in [7, 11) is 0. The van der Waals surface area contributed by atoms with Crippen LogP contribution in [0.25, 0.3) is 11.4 Å². The third-order valence-electron chi connectivity index (χ3n) is 4.36. The number of fused-ring (bicyclic) bond motifs is 1. The fraction of sp³-hybridized carbons (Fsp3) is 0.278. The van der Waals surface area contributed by atoms with Gasteiger partial charge >= 0.3 is 0 Å². The Kier molecular flexibility index (Phi) is 5.24. The van der Waals surface area contributed by atoms with Gasteiger partial charge in [0.1, 0.15) is 5.82 Å². The quantitative estimate of drug-likeness (QED) is 0.521. The van der Waals surface area contributed by atoms with Gasteiger partial charge in [-0.1, -0.05) is 18.6 Å². The molecule has 134 valence electrons. The van der Waals surface area contributed by atoms with Crippen LogP contribution in [0.2, 0.25) is 0 Å². The van der Waals surface area contributed by atoms with Crippen molar-refractivity contribution < 1.29 is 4.79 Å². The van der Waals surface area contributed by atoms with E-state index < -0.39 is 0 Å². The second kappa shape index (κ2) is 7.62. The molecule has 1 aliphatic rings. The number of benzene rings is 1. The van der Waals surface area contributed by atoms with E-state index in [-0.39, 0.29) is 5.91 Å². The fourth-order valence-corrected chi connectivity index (χ4v) is 5.02. The molecule has 0 saturated carbocycles. The van der Waals surface area contributed by atoms with Gasteiger partial charge in [-0.2, -0.15) is 0 Å². The first-order valence-electron chi connectivity index (χ1n) is 8.40. The number of thiophene rings is 1. The highest BCUT2D eigenvalue weighted by molar-refractivity contribution is 9.13. The number of nitrogens with one attached hydrogen (secondary N) is 1. The van der Waals surface area contributed by atoms with Gasteiger partial charge in [0.15, 0.2) is 5.82 Å². The SMILES string of the molecule is O=C(Nc1cccc(-c2nnc3n2CCCCC3)c1)c1cc(Br)c(Br)s1. The monoisotopic (exact) mass is 494 g/mol. The summed E-state index contributed by atoms with van der Waals surface area (Å²) >= 11 is 8.23. The molecule has 4 rings (SSSR count). The van der Waals surface area contributed by atoms with Crippen LogP contribution in [0.3, 0.4) is 0 Å². The lowest BCUT2D eigenvalue weighted by atomic mass is 10.2. The largest absolute Gasteiger partial charge is 0.321 e. The molecule has 3 aromatic rings. The van der Waals surface area contributed by atoms with E-state index in [0.29, 0.717) is 4.88 Å². The van der Waals surface area contributed by atoms with E-state index in [2.05, 4.69) is 51.9 Å². The first-order chi connectivity index (χ1) is 12.6. The predicted octanol–water partition coefficient (Wildman–Crippen LogP) is 5.51. The van der Waals surface area contributed by atoms with Crippen molar-refractivity contribution in [3.63, 3.8) is 0 Å². The molecule has 1 N–H and O–H groups in total. The Balaban J connectivity index is 1.59. The number of nitrogens with zero attached hydrogens (tertiary/aromatic N) is 3. The average Bonchev–Trinajstić information content (AvgIpc) is 3.10. The van der Waals surface area contributed by atoms with E-state index in [1.165, 1.54) is 24.2 Å². The highest BCUT2D eigenvalue weighted by atomic mass is 79.9. The molecule has 0 saturated heterocycles. The average molecular weight is 496 g/mol. The van der Waals surface area contributed by atoms with Crippen LogP contribution in [-0.2, 0) is 13.0 Å². The molecule has 0 fully saturated rings. The normalized spacial score (nSPS) is 13.9. The van der Waals surface area contributed by atoms with Gasteiger partial charge in [0, 0.05) is 28.7 Å². The lowest BCUT2D eigenvalue weighted by Crippen LogP contribution is -2.10. The topological polar surface area (TPSA) is 59.8 Å². The molecule has 0 aliphatic carbocycles. The number of carbonyl (C=O) groups excluding carboxylic acids is 1. The van der Waals surface area contributed by atoms with Crippen LogP contribution in [0.15, 0.2) is 38.6 Å². The third-order valence-corrected chi connectivity index (χ3v) is 7.61. The van der Waals surface area contributed by atoms with Crippen LogP contribution >= 0.6 is 43.2 Å². The van der Waals surface area contributed by atoms with Crippen LogP contribution in [0, 0.1) is 0 Å². The first-order valence-corrected chi connectivity index (χ1v) is 10.8. The van der Waals surface area contributed by atoms with Crippen molar-refractivity contribution >= 4 is 54.8 Å². The number of rotatable bonds is 3. The molecular formula is C18H16Br2N4OS. The number of hydrogen-bond donors (Lipinski definition) is 1. The zero-order valence-corrected chi connectivity index (χ0v) is 17.8. The lowest BCUT2D eigenvalue weighted by molar-refractivity contribution is 0.103. The Bertz CT molecular complexity index is 947. The van der Waals surface area contributed by atoms with Gasteiger partial charge in [0.25, 0.3) is 5.91 Å². The highest BCUT2D eigenvalue weighted by Gasteiger charge is 2.17. The number of anilines is 1. The Morgan fingerprint density at radius 2 is 2.04 bits per heavy atom. The summed E-state index contributed by atoms with van der Waals surface area (Å²) in [5, 5.41) is 11.7. The zero-order chi connectivity index (χ0) is 18.1. The summed E-state index contributed by atoms with van der Waals surface area (Å²) in [4.78, 5) is 13.1. The number of hydrogen-bond acceptors (Lipinski definition) is 4. The van der Waals surface area contributed by atoms with E-state index in [0.717, 1.165) is 50.5 Å². The van der Waals surface area contributed by atoms with Gasteiger partial charge in [-0.15, -0.1) is 21.5 Å². The van der Waals surface area contributed by atoms with Crippen LogP contribution in [0.1, 0.15) is 34.8 Å². The molecule has 2 aromatic heterocycles. The molecular weight excluding hydrogens is 480 g/mol. The van der Waals surface area contributed by atoms with Gasteiger partial charge in [-0.3, -0.25) is 4.79 Å². The van der Waals surface area contributed by atoms with Crippen molar-refractivity contribution in [3.8, 4) is 11.4 Å². The number of carbonyl (C=O) groups is 1. The lowest BCUT2D eigenvalue weighted by Gasteiger charge is -2.09. The van der Waals surface area contributed by atoms with Crippen molar-refractivity contribution in [2.45, 2.75) is 32.2 Å². The maximum atomic E-state index is 12.5. The summed E-state index contributed by atoms with van der Waals surface area (Å²) in [6.45, 7) is 0.950. The predicted molar refractivity (Wildman–Crippen MR) is 111 cm³/mol. The smallest absolute Gasteiger partial charge is 0.265 e. The van der Waals surface area contributed by atoms with Gasteiger partial charge < -0.3 is 9.88 Å². The van der Waals surface area contributed by atoms with Gasteiger partial charge in [0.05, 0.1) is 8.66 Å². The number of halogens is 2. The van der Waals surface area contributed by atoms with E-state index in [4.69, 9.17) is 0 Å². The second-order valence-corrected chi connectivity index (χ2v) is 9.39. The summed E-state index contributed by atoms with van der Waals surface area (Å²) in [5.74, 6) is 1.80. The molecule has 0 atom stereocenters. The van der Waals surface area contributed by atoms with E-state index in [9.17, 15) is 4.79 Å². The number of aromatic nitrogens is 3. The van der Waals surface area contributed by atoms with E-state index >= 15 is 0 Å². The van der Waals surface area contributed by atoms with Gasteiger partial charge in [-0.05, 0) is 62.9 Å². The Morgan fingerprint density at radius 1 is 1.15 bits per heavy atom. The van der Waals surface area contributed by atoms with Crippen LogP contribution < -0.4 is 5.32 Å². The molecule has 1 aromatic carbocycles. The standard InChI is InChI=1S/C18H16Br2N4OS/c19-13-10-14(26-16(13)20)18(25)21-12-6-4-5-11(9-12)17-23-22-15-7-2-1-3-8-24(15)17/h4-6,9-10H,1-3,7-8H2,(H,21,25). The van der Waals surface area contributed by atoms with Gasteiger partial charge in [0.2, 0.25) is 0 Å². The molecule has 3 heterocycles. The number of amides is 1. The van der Waals surface area contributed by atoms with E-state index in [1.54, 1.807) is 0 Å². The van der Waals surface area contributed by atoms with Crippen molar-refractivity contribution in [1.29, 1.82) is 0 Å². The molecule has 1 aliphatic heterocycles. The van der Waals surface area contributed by atoms with Crippen molar-refractivity contribution in [3.05, 3.63) is 49.3 Å². The minimum absolute atomic E-state index is 0.126. The van der Waals surface area contributed by atoms with Crippen LogP contribution in [-0.4, -0.2) is 20.7 Å². The maximum absolute atomic E-state index is 12.5. The van der Waals surface area contributed by atoms with Crippen LogP contribution in [0.5, 0.6) is 0 Å². The van der Waals surface area contributed by atoms with Crippen LogP contribution in [0.4, 0.5) is 5.69 Å². The minimum atomic E-state index is -0.126. The van der Waals surface area contributed by atoms with Crippen molar-refractivity contribution in [2.24, 2.45) is 0 Å². The third kappa shape index (κ3) is 3.63. The summed E-state index contributed by atoms with van der Waals surface area (Å²) < 4.78 is 4.00. The highest BCUT2D eigenvalue weighted by Crippen LogP contribution is 2.33. The van der Waals surface area contributed by atoms with Crippen molar-refractivity contribution in [2.75, 3.05) is 5.32 Å².